The molecule has 1 atom stereocenters. The maximum absolute atomic E-state index is 9.71. The van der Waals surface area contributed by atoms with Gasteiger partial charge < -0.3 is 15.2 Å². The molecule has 1 aliphatic carbocycles. The van der Waals surface area contributed by atoms with E-state index in [2.05, 4.69) is 28.2 Å². The van der Waals surface area contributed by atoms with Crippen LogP contribution in [0.4, 0.5) is 0 Å². The molecule has 0 radical (unpaired) electrons. The van der Waals surface area contributed by atoms with Crippen LogP contribution in [0.25, 0.3) is 0 Å². The lowest BCUT2D eigenvalue weighted by Gasteiger charge is -2.14. The van der Waals surface area contributed by atoms with Gasteiger partial charge >= 0.3 is 0 Å². The van der Waals surface area contributed by atoms with Crippen LogP contribution in [-0.4, -0.2) is 18.3 Å². The summed E-state index contributed by atoms with van der Waals surface area (Å²) in [6.45, 7) is 3.03. The van der Waals surface area contributed by atoms with Gasteiger partial charge in [-0.2, -0.15) is 0 Å². The second-order valence-electron chi connectivity index (χ2n) is 4.64. The van der Waals surface area contributed by atoms with Crippen LogP contribution in [0.3, 0.4) is 0 Å². The van der Waals surface area contributed by atoms with Crippen molar-refractivity contribution in [1.29, 1.82) is 0 Å². The standard InChI is InChI=1S/C13H18BrNO2/c1-8(10-3-4-10)15-7-9-5-11(14)13(16)12(6-9)17-2/h5-6,8,10,15-16H,3-4,7H2,1-2H3. The topological polar surface area (TPSA) is 41.5 Å². The molecule has 0 amide bonds. The lowest BCUT2D eigenvalue weighted by molar-refractivity contribution is 0.371. The number of hydrogen-bond donors (Lipinski definition) is 2. The van der Waals surface area contributed by atoms with Crippen molar-refractivity contribution in [3.8, 4) is 11.5 Å². The van der Waals surface area contributed by atoms with Crippen LogP contribution in [0.2, 0.25) is 0 Å². The van der Waals surface area contributed by atoms with Crippen LogP contribution in [0.15, 0.2) is 16.6 Å². The highest BCUT2D eigenvalue weighted by molar-refractivity contribution is 9.10. The fourth-order valence-electron chi connectivity index (χ4n) is 1.93. The Morgan fingerprint density at radius 1 is 1.53 bits per heavy atom. The molecule has 1 fully saturated rings. The van der Waals surface area contributed by atoms with Gasteiger partial charge in [0.2, 0.25) is 0 Å². The lowest BCUT2D eigenvalue weighted by atomic mass is 10.1. The van der Waals surface area contributed by atoms with E-state index in [1.807, 2.05) is 12.1 Å². The van der Waals surface area contributed by atoms with Crippen molar-refractivity contribution in [3.63, 3.8) is 0 Å². The number of ether oxygens (including phenoxy) is 1. The molecular weight excluding hydrogens is 282 g/mol. The molecule has 0 heterocycles. The van der Waals surface area contributed by atoms with Crippen molar-refractivity contribution < 1.29 is 9.84 Å². The van der Waals surface area contributed by atoms with Crippen LogP contribution in [0, 0.1) is 5.92 Å². The summed E-state index contributed by atoms with van der Waals surface area (Å²) in [5, 5.41) is 13.2. The van der Waals surface area contributed by atoms with Crippen molar-refractivity contribution in [2.75, 3.05) is 7.11 Å². The molecule has 0 saturated heterocycles. The van der Waals surface area contributed by atoms with Gasteiger partial charge in [-0.15, -0.1) is 0 Å². The Hall–Kier alpha value is -0.740. The van der Waals surface area contributed by atoms with E-state index in [1.165, 1.54) is 12.8 Å². The molecule has 0 bridgehead atoms. The highest BCUT2D eigenvalue weighted by Crippen LogP contribution is 2.36. The summed E-state index contributed by atoms with van der Waals surface area (Å²) in [4.78, 5) is 0. The minimum Gasteiger partial charge on any atom is -0.503 e. The molecule has 2 rings (SSSR count). The molecule has 1 saturated carbocycles. The predicted octanol–water partition coefficient (Wildman–Crippen LogP) is 3.05. The zero-order valence-corrected chi connectivity index (χ0v) is 11.8. The van der Waals surface area contributed by atoms with E-state index in [0.717, 1.165) is 18.0 Å². The van der Waals surface area contributed by atoms with Gasteiger partial charge in [-0.1, -0.05) is 0 Å². The Morgan fingerprint density at radius 3 is 2.82 bits per heavy atom. The van der Waals surface area contributed by atoms with E-state index in [1.54, 1.807) is 7.11 Å². The highest BCUT2D eigenvalue weighted by atomic mass is 79.9. The van der Waals surface area contributed by atoms with Crippen LogP contribution in [0.5, 0.6) is 11.5 Å². The SMILES string of the molecule is COc1cc(CNC(C)C2CC2)cc(Br)c1O. The fraction of sp³-hybridized carbons (Fsp3) is 0.538. The summed E-state index contributed by atoms with van der Waals surface area (Å²) in [6, 6.07) is 4.35. The fourth-order valence-corrected chi connectivity index (χ4v) is 2.42. The monoisotopic (exact) mass is 299 g/mol. The summed E-state index contributed by atoms with van der Waals surface area (Å²) in [6.07, 6.45) is 2.69. The Labute approximate surface area is 110 Å². The van der Waals surface area contributed by atoms with E-state index in [0.29, 0.717) is 16.3 Å². The first-order chi connectivity index (χ1) is 8.11. The van der Waals surface area contributed by atoms with E-state index in [9.17, 15) is 5.11 Å². The van der Waals surface area contributed by atoms with Crippen molar-refractivity contribution in [1.82, 2.24) is 5.32 Å². The van der Waals surface area contributed by atoms with Crippen molar-refractivity contribution in [3.05, 3.63) is 22.2 Å². The maximum Gasteiger partial charge on any atom is 0.172 e. The van der Waals surface area contributed by atoms with Crippen LogP contribution in [0.1, 0.15) is 25.3 Å². The van der Waals surface area contributed by atoms with E-state index >= 15 is 0 Å². The Bertz CT molecular complexity index is 405. The largest absolute Gasteiger partial charge is 0.503 e. The second kappa shape index (κ2) is 5.27. The minimum absolute atomic E-state index is 0.159. The first kappa shape index (κ1) is 12.7. The van der Waals surface area contributed by atoms with Gasteiger partial charge in [-0.25, -0.2) is 0 Å². The molecule has 4 heteroatoms. The molecular formula is C13H18BrNO2. The molecule has 1 aliphatic rings. The molecule has 94 valence electrons. The number of hydrogen-bond acceptors (Lipinski definition) is 3. The number of methoxy groups -OCH3 is 1. The van der Waals surface area contributed by atoms with E-state index in [4.69, 9.17) is 4.74 Å². The van der Waals surface area contributed by atoms with Crippen LogP contribution < -0.4 is 10.1 Å². The van der Waals surface area contributed by atoms with Crippen LogP contribution >= 0.6 is 15.9 Å². The molecule has 1 unspecified atom stereocenters. The van der Waals surface area contributed by atoms with Gasteiger partial charge in [0.05, 0.1) is 11.6 Å². The van der Waals surface area contributed by atoms with Gasteiger partial charge in [-0.05, 0) is 59.3 Å². The zero-order valence-electron chi connectivity index (χ0n) is 10.2. The number of nitrogens with one attached hydrogen (secondary N) is 1. The quantitative estimate of drug-likeness (QED) is 0.878. The van der Waals surface area contributed by atoms with Gasteiger partial charge in [0.1, 0.15) is 0 Å². The minimum atomic E-state index is 0.159. The van der Waals surface area contributed by atoms with Crippen molar-refractivity contribution in [2.45, 2.75) is 32.4 Å². The molecule has 0 aromatic heterocycles. The first-order valence-electron chi connectivity index (χ1n) is 5.90. The number of benzene rings is 1. The number of phenols is 1. The summed E-state index contributed by atoms with van der Waals surface area (Å²) in [5.74, 6) is 1.51. The third-order valence-electron chi connectivity index (χ3n) is 3.27. The van der Waals surface area contributed by atoms with Crippen LogP contribution in [-0.2, 0) is 6.54 Å². The number of rotatable bonds is 5. The molecule has 17 heavy (non-hydrogen) atoms. The van der Waals surface area contributed by atoms with Gasteiger partial charge in [-0.3, -0.25) is 0 Å². The third kappa shape index (κ3) is 3.13. The number of aromatic hydroxyl groups is 1. The molecule has 3 nitrogen and oxygen atoms in total. The smallest absolute Gasteiger partial charge is 0.172 e. The van der Waals surface area contributed by atoms with Crippen molar-refractivity contribution >= 4 is 15.9 Å². The van der Waals surface area contributed by atoms with E-state index in [-0.39, 0.29) is 5.75 Å². The summed E-state index contributed by atoms with van der Waals surface area (Å²) >= 11 is 3.33. The summed E-state index contributed by atoms with van der Waals surface area (Å²) in [7, 11) is 1.56. The average molecular weight is 300 g/mol. The van der Waals surface area contributed by atoms with Gasteiger partial charge in [0.15, 0.2) is 11.5 Å². The molecule has 0 aliphatic heterocycles. The molecule has 0 spiro atoms. The third-order valence-corrected chi connectivity index (χ3v) is 3.87. The van der Waals surface area contributed by atoms with Gasteiger partial charge in [0.25, 0.3) is 0 Å². The predicted molar refractivity (Wildman–Crippen MR) is 71.4 cm³/mol. The van der Waals surface area contributed by atoms with Gasteiger partial charge in [0, 0.05) is 12.6 Å². The molecule has 2 N–H and O–H groups in total. The summed E-state index contributed by atoms with van der Waals surface area (Å²) in [5.41, 5.74) is 1.11. The maximum atomic E-state index is 9.71. The zero-order chi connectivity index (χ0) is 12.4. The Morgan fingerprint density at radius 2 is 2.24 bits per heavy atom. The van der Waals surface area contributed by atoms with Crippen molar-refractivity contribution in [2.24, 2.45) is 5.92 Å². The summed E-state index contributed by atoms with van der Waals surface area (Å²) < 4.78 is 5.80. The highest BCUT2D eigenvalue weighted by Gasteiger charge is 2.27. The number of halogens is 1. The van der Waals surface area contributed by atoms with E-state index < -0.39 is 0 Å². The Kier molecular flexibility index (Phi) is 3.94. The second-order valence-corrected chi connectivity index (χ2v) is 5.49. The lowest BCUT2D eigenvalue weighted by Crippen LogP contribution is -2.27. The normalized spacial score (nSPS) is 16.9. The molecule has 1 aromatic carbocycles. The average Bonchev–Trinajstić information content (AvgIpc) is 3.14. The molecule has 1 aromatic rings. The first-order valence-corrected chi connectivity index (χ1v) is 6.70. The number of phenolic OH excluding ortho intramolecular Hbond substituents is 1. The Balaban J connectivity index is 2.02.